The van der Waals surface area contributed by atoms with E-state index in [9.17, 15) is 10.2 Å². The van der Waals surface area contributed by atoms with Crippen LogP contribution in [0.15, 0.2) is 42.5 Å². The largest absolute Gasteiger partial charge is 0.508 e. The summed E-state index contributed by atoms with van der Waals surface area (Å²) in [6.07, 6.45) is -0.298. The minimum Gasteiger partial charge on any atom is -0.508 e. The normalized spacial score (nSPS) is 14.5. The van der Waals surface area contributed by atoms with Crippen molar-refractivity contribution in [3.8, 4) is 17.2 Å². The quantitative estimate of drug-likeness (QED) is 0.596. The third-order valence-electron chi connectivity index (χ3n) is 4.41. The van der Waals surface area contributed by atoms with Gasteiger partial charge >= 0.3 is 0 Å². The number of ether oxygens (including phenoxy) is 3. The lowest BCUT2D eigenvalue weighted by atomic mass is 10.0. The third-order valence-corrected chi connectivity index (χ3v) is 4.41. The van der Waals surface area contributed by atoms with Gasteiger partial charge in [-0.3, -0.25) is 5.32 Å². The van der Waals surface area contributed by atoms with E-state index in [0.29, 0.717) is 23.5 Å². The Kier molecular flexibility index (Phi) is 6.85. The van der Waals surface area contributed by atoms with Crippen LogP contribution >= 0.6 is 0 Å². The molecule has 6 nitrogen and oxygen atoms in total. The van der Waals surface area contributed by atoms with E-state index in [1.54, 1.807) is 45.6 Å². The molecule has 0 radical (unpaired) electrons. The van der Waals surface area contributed by atoms with E-state index in [1.165, 1.54) is 0 Å². The van der Waals surface area contributed by atoms with Crippen LogP contribution in [0.5, 0.6) is 17.2 Å². The number of benzene rings is 2. The van der Waals surface area contributed by atoms with Gasteiger partial charge in [0.1, 0.15) is 11.5 Å². The van der Waals surface area contributed by atoms with E-state index in [4.69, 9.17) is 14.2 Å². The molecule has 0 aromatic heterocycles. The zero-order chi connectivity index (χ0) is 19.2. The summed E-state index contributed by atoms with van der Waals surface area (Å²) in [6, 6.07) is 12.4. The average molecular weight is 361 g/mol. The van der Waals surface area contributed by atoms with Crippen molar-refractivity contribution in [3.63, 3.8) is 0 Å². The molecule has 0 fully saturated rings. The zero-order valence-corrected chi connectivity index (χ0v) is 15.7. The Morgan fingerprint density at radius 2 is 1.73 bits per heavy atom. The van der Waals surface area contributed by atoms with Crippen LogP contribution in [-0.2, 0) is 11.2 Å². The molecule has 2 unspecified atom stereocenters. The lowest BCUT2D eigenvalue weighted by molar-refractivity contribution is -0.0315. The maximum atomic E-state index is 10.4. The van der Waals surface area contributed by atoms with E-state index in [-0.39, 0.29) is 12.3 Å². The molecular weight excluding hydrogens is 334 g/mol. The van der Waals surface area contributed by atoms with Gasteiger partial charge in [-0.05, 0) is 30.7 Å². The van der Waals surface area contributed by atoms with Crippen LogP contribution in [0.4, 0.5) is 0 Å². The Morgan fingerprint density at radius 1 is 1.04 bits per heavy atom. The summed E-state index contributed by atoms with van der Waals surface area (Å²) in [4.78, 5) is 0. The van der Waals surface area contributed by atoms with E-state index in [0.717, 1.165) is 5.56 Å². The van der Waals surface area contributed by atoms with Gasteiger partial charge in [0.25, 0.3) is 0 Å². The summed E-state index contributed by atoms with van der Waals surface area (Å²) in [5.74, 6) is 1.39. The van der Waals surface area contributed by atoms with E-state index >= 15 is 0 Å². The maximum Gasteiger partial charge on any atom is 0.160 e. The smallest absolute Gasteiger partial charge is 0.160 e. The van der Waals surface area contributed by atoms with Gasteiger partial charge < -0.3 is 24.4 Å². The Balaban J connectivity index is 2.07. The Morgan fingerprint density at radius 3 is 2.35 bits per heavy atom. The number of nitrogens with one attached hydrogen (secondary N) is 1. The maximum absolute atomic E-state index is 10.4. The molecule has 26 heavy (non-hydrogen) atoms. The molecule has 0 amide bonds. The molecule has 142 valence electrons. The van der Waals surface area contributed by atoms with Gasteiger partial charge in [0.05, 0.1) is 20.3 Å². The molecular formula is C20H27NO5. The first-order chi connectivity index (χ1) is 12.4. The summed E-state index contributed by atoms with van der Waals surface area (Å²) >= 11 is 0. The number of aromatic hydroxyl groups is 1. The molecule has 2 aromatic carbocycles. The molecule has 0 saturated heterocycles. The number of hydrogen-bond acceptors (Lipinski definition) is 6. The minimum atomic E-state index is -0.851. The summed E-state index contributed by atoms with van der Waals surface area (Å²) in [5, 5.41) is 23.5. The van der Waals surface area contributed by atoms with Gasteiger partial charge in [-0.2, -0.15) is 0 Å². The van der Waals surface area contributed by atoms with Crippen LogP contribution in [0.1, 0.15) is 24.2 Å². The standard InChI is InChI=1S/C20H27NO5/c1-20(26-4,12-14-9-10-18(24-2)19(11-14)25-3)21-13-17(23)15-7-5-6-8-16(15)22/h5-11,17,21-23H,12-13H2,1-4H3. The van der Waals surface area contributed by atoms with E-state index in [2.05, 4.69) is 5.32 Å². The first kappa shape index (κ1) is 20.0. The van der Waals surface area contributed by atoms with Crippen molar-refractivity contribution < 1.29 is 24.4 Å². The molecule has 3 N–H and O–H groups in total. The Hall–Kier alpha value is -2.28. The minimum absolute atomic E-state index is 0.0702. The number of phenolic OH excluding ortho intramolecular Hbond substituents is 1. The second-order valence-corrected chi connectivity index (χ2v) is 6.26. The topological polar surface area (TPSA) is 80.2 Å². The predicted molar refractivity (Wildman–Crippen MR) is 99.7 cm³/mol. The molecule has 0 aliphatic carbocycles. The summed E-state index contributed by atoms with van der Waals surface area (Å²) in [7, 11) is 4.80. The first-order valence-electron chi connectivity index (χ1n) is 8.39. The molecule has 0 aliphatic rings. The highest BCUT2D eigenvalue weighted by Crippen LogP contribution is 2.29. The molecule has 6 heteroatoms. The zero-order valence-electron chi connectivity index (χ0n) is 15.7. The van der Waals surface area contributed by atoms with E-state index < -0.39 is 11.8 Å². The fourth-order valence-electron chi connectivity index (χ4n) is 2.78. The lowest BCUT2D eigenvalue weighted by Gasteiger charge is -2.31. The summed E-state index contributed by atoms with van der Waals surface area (Å²) in [6.45, 7) is 2.14. The molecule has 0 saturated carbocycles. The van der Waals surface area contributed by atoms with Crippen LogP contribution in [0.3, 0.4) is 0 Å². The van der Waals surface area contributed by atoms with Crippen molar-refractivity contribution in [2.45, 2.75) is 25.2 Å². The number of aliphatic hydroxyl groups is 1. The van der Waals surface area contributed by atoms with Crippen molar-refractivity contribution in [1.29, 1.82) is 0 Å². The number of hydrogen-bond donors (Lipinski definition) is 3. The molecule has 0 heterocycles. The van der Waals surface area contributed by atoms with E-state index in [1.807, 2.05) is 25.1 Å². The van der Waals surface area contributed by atoms with Gasteiger partial charge in [-0.25, -0.2) is 0 Å². The highest BCUT2D eigenvalue weighted by molar-refractivity contribution is 5.43. The molecule has 0 spiro atoms. The molecule has 2 aromatic rings. The van der Waals surface area contributed by atoms with Crippen molar-refractivity contribution in [2.75, 3.05) is 27.9 Å². The molecule has 2 rings (SSSR count). The second-order valence-electron chi connectivity index (χ2n) is 6.26. The number of phenols is 1. The molecule has 2 atom stereocenters. The number of para-hydroxylation sites is 1. The van der Waals surface area contributed by atoms with Crippen LogP contribution in [0.2, 0.25) is 0 Å². The van der Waals surface area contributed by atoms with Crippen LogP contribution in [0, 0.1) is 0 Å². The highest BCUT2D eigenvalue weighted by atomic mass is 16.5. The third kappa shape index (κ3) is 4.88. The lowest BCUT2D eigenvalue weighted by Crippen LogP contribution is -2.47. The summed E-state index contributed by atoms with van der Waals surface area (Å²) < 4.78 is 16.2. The highest BCUT2D eigenvalue weighted by Gasteiger charge is 2.26. The van der Waals surface area contributed by atoms with Gasteiger partial charge in [0.2, 0.25) is 0 Å². The van der Waals surface area contributed by atoms with Gasteiger partial charge in [0.15, 0.2) is 11.5 Å². The second kappa shape index (κ2) is 8.89. The molecule has 0 aliphatic heterocycles. The van der Waals surface area contributed by atoms with Crippen molar-refractivity contribution in [1.82, 2.24) is 5.32 Å². The van der Waals surface area contributed by atoms with Crippen LogP contribution in [0.25, 0.3) is 0 Å². The van der Waals surface area contributed by atoms with Crippen molar-refractivity contribution in [3.05, 3.63) is 53.6 Å². The predicted octanol–water partition coefficient (Wildman–Crippen LogP) is 2.64. The monoisotopic (exact) mass is 361 g/mol. The van der Waals surface area contributed by atoms with Gasteiger partial charge in [0, 0.05) is 25.6 Å². The summed E-state index contributed by atoms with van der Waals surface area (Å²) in [5.41, 5.74) is 0.770. The van der Waals surface area contributed by atoms with Crippen LogP contribution < -0.4 is 14.8 Å². The Bertz CT molecular complexity index is 721. The number of aliphatic hydroxyl groups excluding tert-OH is 1. The van der Waals surface area contributed by atoms with Crippen molar-refractivity contribution >= 4 is 0 Å². The van der Waals surface area contributed by atoms with Gasteiger partial charge in [-0.1, -0.05) is 24.3 Å². The first-order valence-corrected chi connectivity index (χ1v) is 8.39. The fraction of sp³-hybridized carbons (Fsp3) is 0.400. The number of rotatable bonds is 9. The average Bonchev–Trinajstić information content (AvgIpc) is 2.66. The Labute approximate surface area is 154 Å². The van der Waals surface area contributed by atoms with Crippen molar-refractivity contribution in [2.24, 2.45) is 0 Å². The van der Waals surface area contributed by atoms with Crippen LogP contribution in [-0.4, -0.2) is 43.8 Å². The fourth-order valence-corrected chi connectivity index (χ4v) is 2.78. The number of methoxy groups -OCH3 is 3. The van der Waals surface area contributed by atoms with Gasteiger partial charge in [-0.15, -0.1) is 0 Å². The molecule has 0 bridgehead atoms. The SMILES string of the molecule is COc1ccc(CC(C)(NCC(O)c2ccccc2O)OC)cc1OC.